The summed E-state index contributed by atoms with van der Waals surface area (Å²) in [5, 5.41) is 0. The standard InChI is InChI=1S/C14H8F4O2/c15-13-6-1-9(8-19)7-12(13)10-2-4-11(5-3-10)20-14(16,17)18/h1-8H. The van der Waals surface area contributed by atoms with Crippen LogP contribution in [0.2, 0.25) is 0 Å². The Morgan fingerprint density at radius 2 is 1.65 bits per heavy atom. The average molecular weight is 284 g/mol. The van der Waals surface area contributed by atoms with Crippen molar-refractivity contribution in [2.24, 2.45) is 0 Å². The zero-order valence-electron chi connectivity index (χ0n) is 9.95. The molecule has 20 heavy (non-hydrogen) atoms. The molecular weight excluding hydrogens is 276 g/mol. The van der Waals surface area contributed by atoms with Crippen molar-refractivity contribution in [1.82, 2.24) is 0 Å². The second-order valence-corrected chi connectivity index (χ2v) is 3.93. The maximum Gasteiger partial charge on any atom is 0.573 e. The van der Waals surface area contributed by atoms with Crippen LogP contribution in [-0.2, 0) is 0 Å². The SMILES string of the molecule is O=Cc1ccc(F)c(-c2ccc(OC(F)(F)F)cc2)c1. The zero-order valence-corrected chi connectivity index (χ0v) is 9.95. The molecule has 2 aromatic carbocycles. The molecule has 0 fully saturated rings. The van der Waals surface area contributed by atoms with Crippen LogP contribution in [-0.4, -0.2) is 12.6 Å². The molecule has 2 rings (SSSR count). The van der Waals surface area contributed by atoms with E-state index in [1.54, 1.807) is 0 Å². The molecule has 6 heteroatoms. The van der Waals surface area contributed by atoms with Crippen LogP contribution in [0.4, 0.5) is 17.6 Å². The molecule has 2 nitrogen and oxygen atoms in total. The van der Waals surface area contributed by atoms with E-state index < -0.39 is 17.9 Å². The Morgan fingerprint density at radius 1 is 1.00 bits per heavy atom. The first-order valence-electron chi connectivity index (χ1n) is 5.50. The summed E-state index contributed by atoms with van der Waals surface area (Å²) in [5.74, 6) is -0.965. The average Bonchev–Trinajstić information content (AvgIpc) is 2.39. The van der Waals surface area contributed by atoms with E-state index in [-0.39, 0.29) is 11.1 Å². The predicted molar refractivity (Wildman–Crippen MR) is 63.9 cm³/mol. The highest BCUT2D eigenvalue weighted by molar-refractivity contribution is 5.79. The molecule has 0 aliphatic heterocycles. The Morgan fingerprint density at radius 3 is 2.20 bits per heavy atom. The molecule has 0 N–H and O–H groups in total. The number of ether oxygens (including phenoxy) is 1. The van der Waals surface area contributed by atoms with E-state index in [2.05, 4.69) is 4.74 Å². The van der Waals surface area contributed by atoms with Crippen molar-refractivity contribution in [1.29, 1.82) is 0 Å². The maximum absolute atomic E-state index is 13.6. The van der Waals surface area contributed by atoms with Crippen molar-refractivity contribution < 1.29 is 27.1 Å². The van der Waals surface area contributed by atoms with Gasteiger partial charge in [-0.1, -0.05) is 12.1 Å². The molecule has 0 bridgehead atoms. The molecule has 0 atom stereocenters. The van der Waals surface area contributed by atoms with Crippen molar-refractivity contribution in [3.8, 4) is 16.9 Å². The first-order valence-corrected chi connectivity index (χ1v) is 5.50. The number of alkyl halides is 3. The first kappa shape index (κ1) is 14.0. The van der Waals surface area contributed by atoms with Crippen LogP contribution in [0, 0.1) is 5.82 Å². The minimum absolute atomic E-state index is 0.133. The third-order valence-corrected chi connectivity index (χ3v) is 2.53. The van der Waals surface area contributed by atoms with E-state index in [9.17, 15) is 22.4 Å². The summed E-state index contributed by atoms with van der Waals surface area (Å²) in [4.78, 5) is 10.6. The van der Waals surface area contributed by atoms with Gasteiger partial charge in [0.2, 0.25) is 0 Å². The monoisotopic (exact) mass is 284 g/mol. The van der Waals surface area contributed by atoms with Crippen molar-refractivity contribution in [3.63, 3.8) is 0 Å². The van der Waals surface area contributed by atoms with Crippen molar-refractivity contribution >= 4 is 6.29 Å². The zero-order chi connectivity index (χ0) is 14.8. The van der Waals surface area contributed by atoms with E-state index in [1.807, 2.05) is 0 Å². The van der Waals surface area contributed by atoms with Crippen molar-refractivity contribution in [2.75, 3.05) is 0 Å². The van der Waals surface area contributed by atoms with Gasteiger partial charge in [0.1, 0.15) is 17.9 Å². The third-order valence-electron chi connectivity index (χ3n) is 2.53. The molecule has 0 aliphatic carbocycles. The fourth-order valence-corrected chi connectivity index (χ4v) is 1.67. The van der Waals surface area contributed by atoms with Crippen LogP contribution in [0.3, 0.4) is 0 Å². The van der Waals surface area contributed by atoms with E-state index in [1.165, 1.54) is 24.3 Å². The number of benzene rings is 2. The minimum atomic E-state index is -4.77. The fraction of sp³-hybridized carbons (Fsp3) is 0.0714. The molecule has 0 spiro atoms. The van der Waals surface area contributed by atoms with Gasteiger partial charge in [0.25, 0.3) is 0 Å². The smallest absolute Gasteiger partial charge is 0.406 e. The minimum Gasteiger partial charge on any atom is -0.406 e. The second kappa shape index (κ2) is 5.32. The largest absolute Gasteiger partial charge is 0.573 e. The van der Waals surface area contributed by atoms with Crippen molar-refractivity contribution in [2.45, 2.75) is 6.36 Å². The second-order valence-electron chi connectivity index (χ2n) is 3.93. The molecule has 0 saturated carbocycles. The van der Waals surface area contributed by atoms with Crippen molar-refractivity contribution in [3.05, 3.63) is 53.8 Å². The van der Waals surface area contributed by atoms with Gasteiger partial charge < -0.3 is 4.74 Å². The number of halogens is 4. The van der Waals surface area contributed by atoms with Crippen LogP contribution >= 0.6 is 0 Å². The van der Waals surface area contributed by atoms with Crippen LogP contribution in [0.25, 0.3) is 11.1 Å². The summed E-state index contributed by atoms with van der Waals surface area (Å²) in [6.45, 7) is 0. The Balaban J connectivity index is 2.32. The van der Waals surface area contributed by atoms with Gasteiger partial charge in [0, 0.05) is 11.1 Å². The lowest BCUT2D eigenvalue weighted by Crippen LogP contribution is -2.16. The third kappa shape index (κ3) is 3.34. The fourth-order valence-electron chi connectivity index (χ4n) is 1.67. The van der Waals surface area contributed by atoms with E-state index in [0.717, 1.165) is 18.2 Å². The summed E-state index contributed by atoms with van der Waals surface area (Å²) in [7, 11) is 0. The number of carbonyl (C=O) groups is 1. The number of aldehydes is 1. The molecule has 0 saturated heterocycles. The molecule has 0 heterocycles. The first-order chi connectivity index (χ1) is 9.39. The van der Waals surface area contributed by atoms with E-state index in [4.69, 9.17) is 0 Å². The molecule has 0 aromatic heterocycles. The Bertz CT molecular complexity index is 618. The van der Waals surface area contributed by atoms with Gasteiger partial charge in [-0.2, -0.15) is 0 Å². The predicted octanol–water partition coefficient (Wildman–Crippen LogP) is 4.20. The lowest BCUT2D eigenvalue weighted by Gasteiger charge is -2.10. The summed E-state index contributed by atoms with van der Waals surface area (Å²) >= 11 is 0. The highest BCUT2D eigenvalue weighted by Gasteiger charge is 2.30. The number of carbonyl (C=O) groups excluding carboxylic acids is 1. The quantitative estimate of drug-likeness (QED) is 0.623. The molecule has 0 unspecified atom stereocenters. The van der Waals surface area contributed by atoms with Gasteiger partial charge in [-0.25, -0.2) is 4.39 Å². The van der Waals surface area contributed by atoms with Gasteiger partial charge in [-0.3, -0.25) is 4.79 Å². The molecule has 0 radical (unpaired) electrons. The Hall–Kier alpha value is -2.37. The van der Waals surface area contributed by atoms with Gasteiger partial charge >= 0.3 is 6.36 Å². The molecule has 0 aliphatic rings. The highest BCUT2D eigenvalue weighted by atomic mass is 19.4. The van der Waals surface area contributed by atoms with Gasteiger partial charge in [0.05, 0.1) is 0 Å². The molecule has 0 amide bonds. The summed E-state index contributed by atoms with van der Waals surface area (Å²) in [6.07, 6.45) is -4.21. The lowest BCUT2D eigenvalue weighted by molar-refractivity contribution is -0.274. The van der Waals surface area contributed by atoms with E-state index in [0.29, 0.717) is 11.8 Å². The Labute approximate surface area is 111 Å². The van der Waals surface area contributed by atoms with Gasteiger partial charge in [-0.15, -0.1) is 13.2 Å². The van der Waals surface area contributed by atoms with Gasteiger partial charge in [0.15, 0.2) is 0 Å². The van der Waals surface area contributed by atoms with E-state index >= 15 is 0 Å². The number of hydrogen-bond acceptors (Lipinski definition) is 2. The van der Waals surface area contributed by atoms with Crippen LogP contribution in [0.1, 0.15) is 10.4 Å². The number of hydrogen-bond donors (Lipinski definition) is 0. The molecular formula is C14H8F4O2. The highest BCUT2D eigenvalue weighted by Crippen LogP contribution is 2.28. The maximum atomic E-state index is 13.6. The Kier molecular flexibility index (Phi) is 3.74. The van der Waals surface area contributed by atoms with Crippen LogP contribution in [0.5, 0.6) is 5.75 Å². The number of rotatable bonds is 3. The van der Waals surface area contributed by atoms with Crippen LogP contribution < -0.4 is 4.74 Å². The summed E-state index contributed by atoms with van der Waals surface area (Å²) in [5.41, 5.74) is 0.755. The molecule has 104 valence electrons. The summed E-state index contributed by atoms with van der Waals surface area (Å²) < 4.78 is 53.4. The van der Waals surface area contributed by atoms with Crippen LogP contribution in [0.15, 0.2) is 42.5 Å². The topological polar surface area (TPSA) is 26.3 Å². The normalized spacial score (nSPS) is 11.2. The molecule has 2 aromatic rings. The van der Waals surface area contributed by atoms with Gasteiger partial charge in [-0.05, 0) is 35.9 Å². The summed E-state index contributed by atoms with van der Waals surface area (Å²) in [6, 6.07) is 8.49. The lowest BCUT2D eigenvalue weighted by atomic mass is 10.0.